The number of hydrogen-bond acceptors (Lipinski definition) is 5. The Morgan fingerprint density at radius 3 is 2.65 bits per heavy atom. The summed E-state index contributed by atoms with van der Waals surface area (Å²) in [7, 11) is 1.62. The number of benzene rings is 2. The number of anilines is 1. The number of para-hydroxylation sites is 2. The fourth-order valence-corrected chi connectivity index (χ4v) is 2.66. The van der Waals surface area contributed by atoms with E-state index in [2.05, 4.69) is 22.2 Å². The van der Waals surface area contributed by atoms with Crippen LogP contribution in [0.15, 0.2) is 71.9 Å². The van der Waals surface area contributed by atoms with Crippen molar-refractivity contribution in [3.05, 3.63) is 72.4 Å². The van der Waals surface area contributed by atoms with Gasteiger partial charge >= 0.3 is 0 Å². The molecule has 0 unspecified atom stereocenters. The zero-order chi connectivity index (χ0) is 21.2. The van der Waals surface area contributed by atoms with Crippen molar-refractivity contribution in [1.29, 1.82) is 0 Å². The van der Waals surface area contributed by atoms with Gasteiger partial charge in [-0.2, -0.15) is 0 Å². The molecule has 0 aliphatic rings. The highest BCUT2D eigenvalue weighted by Gasteiger charge is 2.10. The number of rotatable bonds is 9. The zero-order valence-electron chi connectivity index (χ0n) is 17.6. The molecular formula is C23H27IN4O3. The average molecular weight is 534 g/mol. The van der Waals surface area contributed by atoms with E-state index in [4.69, 9.17) is 19.9 Å². The molecule has 0 aliphatic heterocycles. The molecule has 2 aromatic carbocycles. The second kappa shape index (κ2) is 12.6. The first kappa shape index (κ1) is 24.3. The summed E-state index contributed by atoms with van der Waals surface area (Å²) in [6.07, 6.45) is 2.59. The predicted octanol–water partition coefficient (Wildman–Crippen LogP) is 5.22. The largest absolute Gasteiger partial charge is 0.497 e. The van der Waals surface area contributed by atoms with Gasteiger partial charge < -0.3 is 25.3 Å². The molecule has 0 fully saturated rings. The van der Waals surface area contributed by atoms with Gasteiger partial charge in [0.05, 0.1) is 20.3 Å². The van der Waals surface area contributed by atoms with Crippen LogP contribution in [-0.4, -0.2) is 24.7 Å². The van der Waals surface area contributed by atoms with Crippen molar-refractivity contribution < 1.29 is 14.2 Å². The first-order valence-electron chi connectivity index (χ1n) is 9.74. The van der Waals surface area contributed by atoms with Crippen LogP contribution in [0.5, 0.6) is 23.1 Å². The molecule has 1 heterocycles. The van der Waals surface area contributed by atoms with Crippen molar-refractivity contribution in [2.24, 2.45) is 10.7 Å². The van der Waals surface area contributed by atoms with Crippen molar-refractivity contribution in [2.75, 3.05) is 19.0 Å². The number of aliphatic imine (C=N–C) groups is 1. The Hall–Kier alpha value is -3.01. The lowest BCUT2D eigenvalue weighted by molar-refractivity contribution is 0.300. The van der Waals surface area contributed by atoms with Gasteiger partial charge in [-0.1, -0.05) is 31.2 Å². The van der Waals surface area contributed by atoms with E-state index in [1.54, 1.807) is 13.3 Å². The number of methoxy groups -OCH3 is 1. The fraction of sp³-hybridized carbons (Fsp3) is 0.217. The van der Waals surface area contributed by atoms with Crippen LogP contribution >= 0.6 is 24.0 Å². The van der Waals surface area contributed by atoms with E-state index >= 15 is 0 Å². The fourth-order valence-electron chi connectivity index (χ4n) is 2.66. The van der Waals surface area contributed by atoms with Crippen molar-refractivity contribution >= 4 is 35.6 Å². The Balaban J connectivity index is 0.00000341. The van der Waals surface area contributed by atoms with Gasteiger partial charge in [0.15, 0.2) is 17.5 Å². The van der Waals surface area contributed by atoms with Gasteiger partial charge in [-0.15, -0.1) is 24.0 Å². The molecule has 0 radical (unpaired) electrons. The molecule has 0 spiro atoms. The highest BCUT2D eigenvalue weighted by Crippen LogP contribution is 2.32. The Labute approximate surface area is 199 Å². The Kier molecular flexibility index (Phi) is 9.89. The SMILES string of the molecule is CCCOc1ccccc1Oc1ncccc1CN=C(N)Nc1cccc(OC)c1.I. The molecule has 0 aliphatic carbocycles. The Morgan fingerprint density at radius 2 is 1.87 bits per heavy atom. The number of pyridine rings is 1. The van der Waals surface area contributed by atoms with Crippen LogP contribution in [0.3, 0.4) is 0 Å². The number of nitrogens with zero attached hydrogens (tertiary/aromatic N) is 2. The highest BCUT2D eigenvalue weighted by molar-refractivity contribution is 14.0. The van der Waals surface area contributed by atoms with E-state index in [1.807, 2.05) is 60.7 Å². The van der Waals surface area contributed by atoms with Crippen LogP contribution in [0, 0.1) is 0 Å². The molecule has 164 valence electrons. The second-order valence-electron chi connectivity index (χ2n) is 6.42. The van der Waals surface area contributed by atoms with E-state index in [9.17, 15) is 0 Å². The third-order valence-corrected chi connectivity index (χ3v) is 4.13. The quantitative estimate of drug-likeness (QED) is 0.222. The lowest BCUT2D eigenvalue weighted by Gasteiger charge is -2.13. The summed E-state index contributed by atoms with van der Waals surface area (Å²) in [5, 5.41) is 3.05. The summed E-state index contributed by atoms with van der Waals surface area (Å²) in [4.78, 5) is 8.77. The third kappa shape index (κ3) is 7.32. The van der Waals surface area contributed by atoms with Gasteiger partial charge in [-0.3, -0.25) is 0 Å². The topological polar surface area (TPSA) is 91.0 Å². The molecule has 3 rings (SSSR count). The van der Waals surface area contributed by atoms with Crippen LogP contribution < -0.4 is 25.3 Å². The van der Waals surface area contributed by atoms with Crippen LogP contribution in [0.25, 0.3) is 0 Å². The average Bonchev–Trinajstić information content (AvgIpc) is 2.78. The molecule has 0 atom stereocenters. The molecule has 8 heteroatoms. The van der Waals surface area contributed by atoms with Crippen LogP contribution in [-0.2, 0) is 6.54 Å². The summed E-state index contributed by atoms with van der Waals surface area (Å²) >= 11 is 0. The maximum absolute atomic E-state index is 6.04. The Morgan fingerprint density at radius 1 is 1.06 bits per heavy atom. The predicted molar refractivity (Wildman–Crippen MR) is 134 cm³/mol. The van der Waals surface area contributed by atoms with Gasteiger partial charge in [0, 0.05) is 23.5 Å². The number of halogens is 1. The second-order valence-corrected chi connectivity index (χ2v) is 6.42. The molecular weight excluding hydrogens is 507 g/mol. The van der Waals surface area contributed by atoms with Crippen molar-refractivity contribution in [2.45, 2.75) is 19.9 Å². The minimum atomic E-state index is 0. The summed E-state index contributed by atoms with van der Waals surface area (Å²) in [6.45, 7) is 2.98. The smallest absolute Gasteiger partial charge is 0.224 e. The van der Waals surface area contributed by atoms with E-state index in [-0.39, 0.29) is 29.9 Å². The molecule has 0 amide bonds. The summed E-state index contributed by atoms with van der Waals surface area (Å²) in [5.41, 5.74) is 7.64. The minimum Gasteiger partial charge on any atom is -0.497 e. The van der Waals surface area contributed by atoms with E-state index in [0.29, 0.717) is 30.5 Å². The summed E-state index contributed by atoms with van der Waals surface area (Å²) in [5.74, 6) is 2.77. The van der Waals surface area contributed by atoms with Crippen molar-refractivity contribution in [3.63, 3.8) is 0 Å². The monoisotopic (exact) mass is 534 g/mol. The van der Waals surface area contributed by atoms with Gasteiger partial charge in [-0.05, 0) is 36.8 Å². The summed E-state index contributed by atoms with van der Waals surface area (Å²) < 4.78 is 17.0. The van der Waals surface area contributed by atoms with Gasteiger partial charge in [0.1, 0.15) is 5.75 Å². The van der Waals surface area contributed by atoms with E-state index < -0.39 is 0 Å². The Bertz CT molecular complexity index is 998. The molecule has 7 nitrogen and oxygen atoms in total. The molecule has 0 bridgehead atoms. The molecule has 0 saturated carbocycles. The van der Waals surface area contributed by atoms with Crippen molar-refractivity contribution in [1.82, 2.24) is 4.98 Å². The van der Waals surface area contributed by atoms with Crippen LogP contribution in [0.1, 0.15) is 18.9 Å². The van der Waals surface area contributed by atoms with E-state index in [1.165, 1.54) is 0 Å². The molecule has 3 N–H and O–H groups in total. The van der Waals surface area contributed by atoms with Gasteiger partial charge in [0.2, 0.25) is 5.88 Å². The van der Waals surface area contributed by atoms with Gasteiger partial charge in [0.25, 0.3) is 0 Å². The standard InChI is InChI=1S/C23H26N4O3.HI/c1-3-14-29-20-11-4-5-12-21(20)30-22-17(8-7-13-25-22)16-26-23(24)27-18-9-6-10-19(15-18)28-2;/h4-13,15H,3,14,16H2,1-2H3,(H3,24,26,27);1H. The lowest BCUT2D eigenvalue weighted by Crippen LogP contribution is -2.22. The van der Waals surface area contributed by atoms with Crippen LogP contribution in [0.2, 0.25) is 0 Å². The maximum Gasteiger partial charge on any atom is 0.224 e. The lowest BCUT2D eigenvalue weighted by atomic mass is 10.2. The highest BCUT2D eigenvalue weighted by atomic mass is 127. The van der Waals surface area contributed by atoms with E-state index in [0.717, 1.165) is 23.4 Å². The number of guanidine groups is 1. The summed E-state index contributed by atoms with van der Waals surface area (Å²) in [6, 6.07) is 18.7. The zero-order valence-corrected chi connectivity index (χ0v) is 19.9. The maximum atomic E-state index is 6.04. The number of hydrogen-bond donors (Lipinski definition) is 2. The van der Waals surface area contributed by atoms with Gasteiger partial charge in [-0.25, -0.2) is 9.98 Å². The molecule has 1 aromatic heterocycles. The third-order valence-electron chi connectivity index (χ3n) is 4.13. The first-order chi connectivity index (χ1) is 14.7. The molecule has 3 aromatic rings. The molecule has 0 saturated heterocycles. The van der Waals surface area contributed by atoms with Crippen molar-refractivity contribution in [3.8, 4) is 23.1 Å². The number of aromatic nitrogens is 1. The molecule has 31 heavy (non-hydrogen) atoms. The number of nitrogens with two attached hydrogens (primary N) is 1. The van der Waals surface area contributed by atoms with Crippen LogP contribution in [0.4, 0.5) is 5.69 Å². The minimum absolute atomic E-state index is 0. The number of nitrogens with one attached hydrogen (secondary N) is 1. The first-order valence-corrected chi connectivity index (χ1v) is 9.74. The number of ether oxygens (including phenoxy) is 3. The normalized spacial score (nSPS) is 10.7.